The zero-order valence-electron chi connectivity index (χ0n) is 4.18. The molecule has 1 rings (SSSR count). The third-order valence-corrected chi connectivity index (χ3v) is 1.47. The maximum Gasteiger partial charge on any atom is 0.246 e. The van der Waals surface area contributed by atoms with Crippen LogP contribution in [0.3, 0.4) is 0 Å². The largest absolute Gasteiger partial charge is 0.329 e. The lowest BCUT2D eigenvalue weighted by atomic mass is 10.3. The maximum absolute atomic E-state index is 10.3. The molecular formula is C3H7NO2Si. The average molecular weight is 117 g/mol. The van der Waals surface area contributed by atoms with Crippen LogP contribution in [-0.4, -0.2) is 28.0 Å². The van der Waals surface area contributed by atoms with Crippen LogP contribution >= 0.6 is 0 Å². The van der Waals surface area contributed by atoms with E-state index in [2.05, 4.69) is 0 Å². The standard InChI is InChI=1S/C3H7NO2Si/c5-3-1-2-4(3)6-7/h1-2H2,7H3. The zero-order chi connectivity index (χ0) is 5.28. The highest BCUT2D eigenvalue weighted by atomic mass is 28.2. The third kappa shape index (κ3) is 0.663. The van der Waals surface area contributed by atoms with Gasteiger partial charge >= 0.3 is 0 Å². The van der Waals surface area contributed by atoms with E-state index >= 15 is 0 Å². The Morgan fingerprint density at radius 1 is 1.86 bits per heavy atom. The highest BCUT2D eigenvalue weighted by Gasteiger charge is 2.22. The molecule has 1 aliphatic heterocycles. The molecule has 3 nitrogen and oxygen atoms in total. The Morgan fingerprint density at radius 2 is 2.57 bits per heavy atom. The topological polar surface area (TPSA) is 29.5 Å². The number of amides is 1. The van der Waals surface area contributed by atoms with Gasteiger partial charge in [-0.15, -0.1) is 0 Å². The fourth-order valence-electron chi connectivity index (χ4n) is 0.487. The van der Waals surface area contributed by atoms with Crippen LogP contribution < -0.4 is 0 Å². The monoisotopic (exact) mass is 117 g/mol. The Balaban J connectivity index is 2.29. The molecule has 0 N–H and O–H groups in total. The van der Waals surface area contributed by atoms with Crippen LogP contribution in [0.15, 0.2) is 0 Å². The summed E-state index contributed by atoms with van der Waals surface area (Å²) in [6.45, 7) is 0.794. The molecule has 1 amide bonds. The summed E-state index contributed by atoms with van der Waals surface area (Å²) in [6, 6.07) is 0. The smallest absolute Gasteiger partial charge is 0.246 e. The first kappa shape index (κ1) is 4.80. The number of hydrogen-bond donors (Lipinski definition) is 0. The van der Waals surface area contributed by atoms with Crippen LogP contribution in [0.1, 0.15) is 6.42 Å². The molecule has 0 spiro atoms. The first-order chi connectivity index (χ1) is 3.34. The predicted molar refractivity (Wildman–Crippen MR) is 27.4 cm³/mol. The fourth-order valence-corrected chi connectivity index (χ4v) is 0.874. The normalized spacial score (nSPS) is 20.0. The molecule has 0 saturated carbocycles. The zero-order valence-corrected chi connectivity index (χ0v) is 6.18. The van der Waals surface area contributed by atoms with Crippen molar-refractivity contribution in [1.29, 1.82) is 0 Å². The Labute approximate surface area is 44.7 Å². The van der Waals surface area contributed by atoms with Crippen LogP contribution in [0.2, 0.25) is 0 Å². The second kappa shape index (κ2) is 1.63. The highest BCUT2D eigenvalue weighted by Crippen LogP contribution is 2.05. The predicted octanol–water partition coefficient (Wildman–Crippen LogP) is -1.57. The molecule has 0 aromatic heterocycles. The quantitative estimate of drug-likeness (QED) is 0.307. The third-order valence-electron chi connectivity index (χ3n) is 1.03. The number of nitrogens with zero attached hydrogens (tertiary/aromatic N) is 1. The van der Waals surface area contributed by atoms with E-state index in [9.17, 15) is 4.79 Å². The first-order valence-electron chi connectivity index (χ1n) is 2.19. The average Bonchev–Trinajstić information content (AvgIpc) is 1.65. The van der Waals surface area contributed by atoms with E-state index in [0.29, 0.717) is 16.9 Å². The summed E-state index contributed by atoms with van der Waals surface area (Å²) < 4.78 is 4.72. The van der Waals surface area contributed by atoms with Crippen molar-refractivity contribution in [3.8, 4) is 0 Å². The van der Waals surface area contributed by atoms with Crippen LogP contribution in [0.4, 0.5) is 0 Å². The summed E-state index contributed by atoms with van der Waals surface area (Å²) in [5, 5.41) is 1.40. The molecule has 0 aromatic carbocycles. The Kier molecular flexibility index (Phi) is 1.12. The second-order valence-corrected chi connectivity index (χ2v) is 1.79. The van der Waals surface area contributed by atoms with Gasteiger partial charge in [-0.2, -0.15) is 0 Å². The second-order valence-electron chi connectivity index (χ2n) is 1.43. The van der Waals surface area contributed by atoms with E-state index in [4.69, 9.17) is 4.53 Å². The molecule has 0 aromatic rings. The molecule has 1 heterocycles. The van der Waals surface area contributed by atoms with Gasteiger partial charge in [-0.3, -0.25) is 4.79 Å². The number of hydroxylamine groups is 2. The summed E-state index contributed by atoms with van der Waals surface area (Å²) >= 11 is 0. The van der Waals surface area contributed by atoms with E-state index in [1.54, 1.807) is 0 Å². The molecule has 4 heteroatoms. The van der Waals surface area contributed by atoms with Gasteiger partial charge in [-0.05, 0) is 0 Å². The highest BCUT2D eigenvalue weighted by molar-refractivity contribution is 5.99. The van der Waals surface area contributed by atoms with Gasteiger partial charge in [-0.25, -0.2) is 5.06 Å². The number of hydrogen-bond acceptors (Lipinski definition) is 2. The number of β-lactam (4-membered cyclic amide) rings is 1. The van der Waals surface area contributed by atoms with Gasteiger partial charge in [0.1, 0.15) is 0 Å². The van der Waals surface area contributed by atoms with Crippen molar-refractivity contribution in [2.45, 2.75) is 6.42 Å². The molecule has 7 heavy (non-hydrogen) atoms. The van der Waals surface area contributed by atoms with Crippen LogP contribution in [0, 0.1) is 0 Å². The lowest BCUT2D eigenvalue weighted by Gasteiger charge is -2.27. The summed E-state index contributed by atoms with van der Waals surface area (Å²) in [5.74, 6) is 0.120. The van der Waals surface area contributed by atoms with E-state index in [-0.39, 0.29) is 5.91 Å². The summed E-state index contributed by atoms with van der Waals surface area (Å²) in [6.07, 6.45) is 0.669. The number of carbonyl (C=O) groups excluding carboxylic acids is 1. The van der Waals surface area contributed by atoms with Gasteiger partial charge < -0.3 is 4.53 Å². The maximum atomic E-state index is 10.3. The molecule has 0 radical (unpaired) electrons. The van der Waals surface area contributed by atoms with Crippen molar-refractivity contribution in [3.63, 3.8) is 0 Å². The minimum absolute atomic E-state index is 0.120. The van der Waals surface area contributed by atoms with Gasteiger partial charge in [0.15, 0.2) is 10.5 Å². The van der Waals surface area contributed by atoms with E-state index in [1.165, 1.54) is 5.06 Å². The van der Waals surface area contributed by atoms with Crippen molar-refractivity contribution in [3.05, 3.63) is 0 Å². The van der Waals surface area contributed by atoms with Gasteiger partial charge in [0.05, 0.1) is 6.54 Å². The first-order valence-corrected chi connectivity index (χ1v) is 3.00. The Morgan fingerprint density at radius 3 is 2.57 bits per heavy atom. The van der Waals surface area contributed by atoms with E-state index in [0.717, 1.165) is 6.54 Å². The van der Waals surface area contributed by atoms with Crippen LogP contribution in [0.5, 0.6) is 0 Å². The summed E-state index contributed by atoms with van der Waals surface area (Å²) in [7, 11) is 0.627. The van der Waals surface area contributed by atoms with Crippen LogP contribution in [-0.2, 0) is 9.32 Å². The molecule has 0 atom stereocenters. The molecule has 0 unspecified atom stereocenters. The summed E-state index contributed by atoms with van der Waals surface area (Å²) in [5.41, 5.74) is 0. The SMILES string of the molecule is O=C1CCN1O[SiH3]. The molecular weight excluding hydrogens is 110 g/mol. The fraction of sp³-hybridized carbons (Fsp3) is 0.667. The lowest BCUT2D eigenvalue weighted by molar-refractivity contribution is -0.173. The lowest BCUT2D eigenvalue weighted by Crippen LogP contribution is -2.42. The number of carbonyl (C=O) groups is 1. The van der Waals surface area contributed by atoms with E-state index < -0.39 is 0 Å². The van der Waals surface area contributed by atoms with Crippen molar-refractivity contribution in [2.75, 3.05) is 6.54 Å². The van der Waals surface area contributed by atoms with Gasteiger partial charge in [0.25, 0.3) is 0 Å². The number of rotatable bonds is 1. The minimum atomic E-state index is 0.120. The van der Waals surface area contributed by atoms with Gasteiger partial charge in [0.2, 0.25) is 5.91 Å². The molecule has 1 fully saturated rings. The molecule has 0 bridgehead atoms. The molecule has 40 valence electrons. The Hall–Kier alpha value is -0.353. The van der Waals surface area contributed by atoms with E-state index in [1.807, 2.05) is 0 Å². The van der Waals surface area contributed by atoms with Crippen molar-refractivity contribution in [1.82, 2.24) is 5.06 Å². The summed E-state index contributed by atoms with van der Waals surface area (Å²) in [4.78, 5) is 10.3. The van der Waals surface area contributed by atoms with Crippen molar-refractivity contribution in [2.24, 2.45) is 0 Å². The van der Waals surface area contributed by atoms with Gasteiger partial charge in [0, 0.05) is 6.42 Å². The van der Waals surface area contributed by atoms with Crippen molar-refractivity contribution < 1.29 is 9.32 Å². The van der Waals surface area contributed by atoms with Gasteiger partial charge in [-0.1, -0.05) is 0 Å². The molecule has 0 aliphatic carbocycles. The molecule has 1 saturated heterocycles. The minimum Gasteiger partial charge on any atom is -0.329 e. The van der Waals surface area contributed by atoms with Crippen LogP contribution in [0.25, 0.3) is 0 Å². The molecule has 1 aliphatic rings. The van der Waals surface area contributed by atoms with Crippen molar-refractivity contribution >= 4 is 16.4 Å². The Bertz CT molecular complexity index is 92.9.